The topological polar surface area (TPSA) is 65.5 Å². The van der Waals surface area contributed by atoms with Crippen LogP contribution in [-0.4, -0.2) is 59.3 Å². The van der Waals surface area contributed by atoms with Gasteiger partial charge in [0.05, 0.1) is 21.8 Å². The maximum atomic E-state index is 12.5. The number of hydrogen-bond acceptors (Lipinski definition) is 5. The Morgan fingerprint density at radius 2 is 1.70 bits per heavy atom. The summed E-state index contributed by atoms with van der Waals surface area (Å²) in [6, 6.07) is 15.9. The minimum atomic E-state index is 0.0469. The fourth-order valence-corrected chi connectivity index (χ4v) is 5.87. The van der Waals surface area contributed by atoms with Crippen molar-refractivity contribution >= 4 is 33.4 Å². The highest BCUT2D eigenvalue weighted by Gasteiger charge is 2.24. The van der Waals surface area contributed by atoms with Gasteiger partial charge < -0.3 is 10.2 Å². The highest BCUT2D eigenvalue weighted by atomic mass is 32.1. The van der Waals surface area contributed by atoms with Crippen LogP contribution in [0.5, 0.6) is 0 Å². The van der Waals surface area contributed by atoms with Gasteiger partial charge in [-0.1, -0.05) is 24.3 Å². The first-order valence-electron chi connectivity index (χ1n) is 11.9. The number of piperidine rings is 1. The van der Waals surface area contributed by atoms with Gasteiger partial charge in [-0.2, -0.15) is 0 Å². The molecule has 2 amide bonds. The van der Waals surface area contributed by atoms with Gasteiger partial charge >= 0.3 is 0 Å². The molecule has 1 N–H and O–H groups in total. The van der Waals surface area contributed by atoms with Crippen LogP contribution in [0.15, 0.2) is 48.5 Å². The number of rotatable bonds is 6. The van der Waals surface area contributed by atoms with E-state index in [2.05, 4.69) is 28.4 Å². The van der Waals surface area contributed by atoms with Crippen molar-refractivity contribution in [2.45, 2.75) is 38.1 Å². The van der Waals surface area contributed by atoms with Crippen molar-refractivity contribution in [3.05, 3.63) is 64.7 Å². The number of fused-ring (bicyclic) bond motifs is 1. The van der Waals surface area contributed by atoms with E-state index in [0.29, 0.717) is 19.0 Å². The molecule has 7 heteroatoms. The number of nitrogens with zero attached hydrogens (tertiary/aromatic N) is 3. The second-order valence-electron chi connectivity index (χ2n) is 9.04. The SMILES string of the molecule is O=C(CN1CCC(c2nc3ccccc3s2)CC1)NCc1ccc(C(=O)N2CCCC2)cc1. The summed E-state index contributed by atoms with van der Waals surface area (Å²) in [4.78, 5) is 33.9. The van der Waals surface area contributed by atoms with Gasteiger partial charge in [0.1, 0.15) is 0 Å². The number of aromatic nitrogens is 1. The Bertz CT molecular complexity index is 1080. The normalized spacial score (nSPS) is 17.5. The number of para-hydroxylation sites is 1. The van der Waals surface area contributed by atoms with E-state index in [1.165, 1.54) is 9.71 Å². The van der Waals surface area contributed by atoms with Crippen LogP contribution < -0.4 is 5.32 Å². The molecule has 2 fully saturated rings. The number of thiazole rings is 1. The number of nitrogens with one attached hydrogen (secondary N) is 1. The van der Waals surface area contributed by atoms with Crippen LogP contribution in [0.25, 0.3) is 10.2 Å². The molecule has 0 spiro atoms. The highest BCUT2D eigenvalue weighted by molar-refractivity contribution is 7.18. The monoisotopic (exact) mass is 462 g/mol. The smallest absolute Gasteiger partial charge is 0.253 e. The van der Waals surface area contributed by atoms with Crippen molar-refractivity contribution in [3.63, 3.8) is 0 Å². The fourth-order valence-electron chi connectivity index (χ4n) is 4.73. The van der Waals surface area contributed by atoms with E-state index < -0.39 is 0 Å². The van der Waals surface area contributed by atoms with Gasteiger partial charge in [-0.05, 0) is 68.6 Å². The summed E-state index contributed by atoms with van der Waals surface area (Å²) < 4.78 is 1.25. The number of benzene rings is 2. The minimum Gasteiger partial charge on any atom is -0.351 e. The number of likely N-dealkylation sites (tertiary alicyclic amines) is 2. The van der Waals surface area contributed by atoms with Crippen molar-refractivity contribution in [2.75, 3.05) is 32.7 Å². The van der Waals surface area contributed by atoms with Gasteiger partial charge in [0, 0.05) is 31.1 Å². The van der Waals surface area contributed by atoms with E-state index in [4.69, 9.17) is 4.98 Å². The Hall–Kier alpha value is -2.77. The second-order valence-corrected chi connectivity index (χ2v) is 10.1. The van der Waals surface area contributed by atoms with Crippen LogP contribution in [0.1, 0.15) is 52.5 Å². The molecule has 1 aromatic heterocycles. The van der Waals surface area contributed by atoms with Gasteiger partial charge in [0.15, 0.2) is 0 Å². The quantitative estimate of drug-likeness (QED) is 0.601. The molecule has 0 bridgehead atoms. The lowest BCUT2D eigenvalue weighted by Crippen LogP contribution is -2.41. The molecule has 0 unspecified atom stereocenters. The third-order valence-corrected chi connectivity index (χ3v) is 7.90. The standard InChI is InChI=1S/C26H30N4O2S/c31-24(27-17-19-7-9-21(10-8-19)26(32)30-13-3-4-14-30)18-29-15-11-20(12-16-29)25-28-22-5-1-2-6-23(22)33-25/h1-2,5-10,20H,3-4,11-18H2,(H,27,31). The summed E-state index contributed by atoms with van der Waals surface area (Å²) in [5.41, 5.74) is 2.83. The van der Waals surface area contributed by atoms with Gasteiger partial charge in [-0.25, -0.2) is 4.98 Å². The van der Waals surface area contributed by atoms with Crippen LogP contribution in [0.2, 0.25) is 0 Å². The highest BCUT2D eigenvalue weighted by Crippen LogP contribution is 2.33. The molecule has 3 aromatic rings. The molecule has 6 nitrogen and oxygen atoms in total. The zero-order chi connectivity index (χ0) is 22.6. The Morgan fingerprint density at radius 1 is 0.970 bits per heavy atom. The van der Waals surface area contributed by atoms with Crippen LogP contribution in [0.3, 0.4) is 0 Å². The Kier molecular flexibility index (Phi) is 6.69. The molecule has 2 aliphatic rings. The predicted octanol–water partition coefficient (Wildman–Crippen LogP) is 4.03. The van der Waals surface area contributed by atoms with E-state index in [1.54, 1.807) is 11.3 Å². The van der Waals surface area contributed by atoms with Crippen LogP contribution >= 0.6 is 11.3 Å². The summed E-state index contributed by atoms with van der Waals surface area (Å²) >= 11 is 1.80. The zero-order valence-corrected chi connectivity index (χ0v) is 19.7. The van der Waals surface area contributed by atoms with Gasteiger partial charge in [-0.15, -0.1) is 11.3 Å². The van der Waals surface area contributed by atoms with Crippen LogP contribution in [-0.2, 0) is 11.3 Å². The first kappa shape index (κ1) is 22.0. The third-order valence-electron chi connectivity index (χ3n) is 6.70. The van der Waals surface area contributed by atoms with E-state index in [9.17, 15) is 9.59 Å². The predicted molar refractivity (Wildman–Crippen MR) is 131 cm³/mol. The summed E-state index contributed by atoms with van der Waals surface area (Å²) in [7, 11) is 0. The van der Waals surface area contributed by atoms with Crippen LogP contribution in [0, 0.1) is 0 Å². The van der Waals surface area contributed by atoms with Gasteiger partial charge in [0.25, 0.3) is 5.91 Å². The summed E-state index contributed by atoms with van der Waals surface area (Å²) in [6.07, 6.45) is 4.27. The maximum absolute atomic E-state index is 12.5. The van der Waals surface area contributed by atoms with Crippen molar-refractivity contribution < 1.29 is 9.59 Å². The summed E-state index contributed by atoms with van der Waals surface area (Å²) in [6.45, 7) is 4.46. The number of hydrogen-bond donors (Lipinski definition) is 1. The molecule has 0 saturated carbocycles. The molecule has 3 heterocycles. The van der Waals surface area contributed by atoms with E-state index in [0.717, 1.165) is 68.5 Å². The van der Waals surface area contributed by atoms with Gasteiger partial charge in [-0.3, -0.25) is 14.5 Å². The molecule has 2 saturated heterocycles. The molecular formula is C26H30N4O2S. The first-order chi connectivity index (χ1) is 16.2. The van der Waals surface area contributed by atoms with E-state index in [-0.39, 0.29) is 11.8 Å². The Labute approximate surface area is 198 Å². The molecule has 172 valence electrons. The van der Waals surface area contributed by atoms with Crippen molar-refractivity contribution in [2.24, 2.45) is 0 Å². The third kappa shape index (κ3) is 5.25. The molecule has 2 aliphatic heterocycles. The summed E-state index contributed by atoms with van der Waals surface area (Å²) in [5, 5.41) is 4.25. The molecule has 2 aromatic carbocycles. The lowest BCUT2D eigenvalue weighted by atomic mass is 9.97. The first-order valence-corrected chi connectivity index (χ1v) is 12.7. The molecule has 5 rings (SSSR count). The fraction of sp³-hybridized carbons (Fsp3) is 0.423. The molecule has 0 radical (unpaired) electrons. The lowest BCUT2D eigenvalue weighted by molar-refractivity contribution is -0.122. The maximum Gasteiger partial charge on any atom is 0.253 e. The lowest BCUT2D eigenvalue weighted by Gasteiger charge is -2.30. The molecule has 33 heavy (non-hydrogen) atoms. The number of carbonyl (C=O) groups excluding carboxylic acids is 2. The number of carbonyl (C=O) groups is 2. The largest absolute Gasteiger partial charge is 0.351 e. The zero-order valence-electron chi connectivity index (χ0n) is 18.8. The van der Waals surface area contributed by atoms with Crippen molar-refractivity contribution in [1.82, 2.24) is 20.1 Å². The average Bonchev–Trinajstić information content (AvgIpc) is 3.53. The van der Waals surface area contributed by atoms with Gasteiger partial charge in [0.2, 0.25) is 5.91 Å². The second kappa shape index (κ2) is 10.0. The summed E-state index contributed by atoms with van der Waals surface area (Å²) in [5.74, 6) is 0.645. The van der Waals surface area contributed by atoms with Crippen molar-refractivity contribution in [1.29, 1.82) is 0 Å². The Balaban J connectivity index is 1.06. The molecular weight excluding hydrogens is 432 g/mol. The van der Waals surface area contributed by atoms with E-state index >= 15 is 0 Å². The molecule has 0 aliphatic carbocycles. The molecule has 0 atom stereocenters. The van der Waals surface area contributed by atoms with Crippen LogP contribution in [0.4, 0.5) is 0 Å². The Morgan fingerprint density at radius 3 is 2.42 bits per heavy atom. The average molecular weight is 463 g/mol. The van der Waals surface area contributed by atoms with Crippen molar-refractivity contribution in [3.8, 4) is 0 Å². The van der Waals surface area contributed by atoms with E-state index in [1.807, 2.05) is 35.2 Å². The number of amides is 2. The minimum absolute atomic E-state index is 0.0469.